The number of nitrogens with zero attached hydrogens (tertiary/aromatic N) is 2. The van der Waals surface area contributed by atoms with E-state index in [0.29, 0.717) is 45.3 Å². The molecule has 3 amide bonds. The zero-order chi connectivity index (χ0) is 16.1. The minimum Gasteiger partial charge on any atom is -0.481 e. The van der Waals surface area contributed by atoms with E-state index < -0.39 is 5.97 Å². The van der Waals surface area contributed by atoms with Gasteiger partial charge in [-0.2, -0.15) is 0 Å². The summed E-state index contributed by atoms with van der Waals surface area (Å²) >= 11 is 0. The first-order valence-electron chi connectivity index (χ1n) is 8.07. The Kier molecular flexibility index (Phi) is 5.63. The van der Waals surface area contributed by atoms with Gasteiger partial charge in [0, 0.05) is 25.7 Å². The average Bonchev–Trinajstić information content (AvgIpc) is 2.69. The number of hydrogen-bond donors (Lipinski definition) is 2. The number of amides is 3. The fraction of sp³-hybridized carbons (Fsp3) is 0.800. The Morgan fingerprint density at radius 1 is 1.23 bits per heavy atom. The van der Waals surface area contributed by atoms with E-state index in [-0.39, 0.29) is 30.4 Å². The van der Waals surface area contributed by atoms with Crippen LogP contribution < -0.4 is 5.32 Å². The predicted molar refractivity (Wildman–Crippen MR) is 80.4 cm³/mol. The van der Waals surface area contributed by atoms with Crippen LogP contribution in [0.3, 0.4) is 0 Å². The quantitative estimate of drug-likeness (QED) is 0.810. The number of urea groups is 1. The number of aliphatic carboxylic acids is 1. The van der Waals surface area contributed by atoms with Crippen molar-refractivity contribution in [1.82, 2.24) is 15.1 Å². The van der Waals surface area contributed by atoms with Crippen LogP contribution in [0.5, 0.6) is 0 Å². The molecule has 2 aliphatic rings. The Bertz CT molecular complexity index is 433. The maximum atomic E-state index is 12.3. The third-order valence-electron chi connectivity index (χ3n) is 4.61. The highest BCUT2D eigenvalue weighted by Crippen LogP contribution is 2.24. The summed E-state index contributed by atoms with van der Waals surface area (Å²) in [6.45, 7) is 4.02. The van der Waals surface area contributed by atoms with Gasteiger partial charge in [-0.3, -0.25) is 9.59 Å². The van der Waals surface area contributed by atoms with Gasteiger partial charge in [0.15, 0.2) is 0 Å². The van der Waals surface area contributed by atoms with E-state index in [0.717, 1.165) is 6.42 Å². The molecule has 0 aromatic carbocycles. The number of carboxylic acid groups (broad SMARTS) is 1. The van der Waals surface area contributed by atoms with Crippen molar-refractivity contribution in [2.24, 2.45) is 5.92 Å². The largest absolute Gasteiger partial charge is 0.481 e. The van der Waals surface area contributed by atoms with Crippen LogP contribution in [0.4, 0.5) is 4.79 Å². The Balaban J connectivity index is 1.82. The normalized spacial score (nSPS) is 26.5. The van der Waals surface area contributed by atoms with Gasteiger partial charge >= 0.3 is 12.0 Å². The SMILES string of the molecule is CCN1CCCN(C(=O)NC2CCC(C(=O)O)CC2)CC1=O. The lowest BCUT2D eigenvalue weighted by Crippen LogP contribution is -2.48. The molecular formula is C15H25N3O4. The van der Waals surface area contributed by atoms with Crippen LogP contribution in [0, 0.1) is 5.92 Å². The summed E-state index contributed by atoms with van der Waals surface area (Å²) in [5, 5.41) is 11.9. The van der Waals surface area contributed by atoms with Gasteiger partial charge in [0.25, 0.3) is 0 Å². The van der Waals surface area contributed by atoms with Crippen molar-refractivity contribution < 1.29 is 19.5 Å². The van der Waals surface area contributed by atoms with Gasteiger partial charge in [-0.15, -0.1) is 0 Å². The first-order valence-corrected chi connectivity index (χ1v) is 8.07. The van der Waals surface area contributed by atoms with E-state index in [1.54, 1.807) is 9.80 Å². The van der Waals surface area contributed by atoms with E-state index in [4.69, 9.17) is 5.11 Å². The van der Waals surface area contributed by atoms with E-state index in [9.17, 15) is 14.4 Å². The standard InChI is InChI=1S/C15H25N3O4/c1-2-17-8-3-9-18(10-13(17)19)15(22)16-12-6-4-11(5-7-12)14(20)21/h11-12H,2-10H2,1H3,(H,16,22)(H,20,21). The highest BCUT2D eigenvalue weighted by molar-refractivity contribution is 5.84. The van der Waals surface area contributed by atoms with Gasteiger partial charge in [0.2, 0.25) is 5.91 Å². The molecule has 0 bridgehead atoms. The van der Waals surface area contributed by atoms with Gasteiger partial charge in [-0.05, 0) is 39.0 Å². The number of nitrogens with one attached hydrogen (secondary N) is 1. The maximum Gasteiger partial charge on any atom is 0.318 e. The molecule has 0 spiro atoms. The second-order valence-electron chi connectivity index (χ2n) is 6.08. The Morgan fingerprint density at radius 2 is 1.91 bits per heavy atom. The van der Waals surface area contributed by atoms with Crippen LogP contribution in [-0.2, 0) is 9.59 Å². The Hall–Kier alpha value is -1.79. The molecule has 0 atom stereocenters. The summed E-state index contributed by atoms with van der Waals surface area (Å²) < 4.78 is 0. The van der Waals surface area contributed by atoms with Crippen LogP contribution in [-0.4, -0.2) is 65.0 Å². The van der Waals surface area contributed by atoms with Crippen molar-refractivity contribution in [3.63, 3.8) is 0 Å². The second kappa shape index (κ2) is 7.47. The van der Waals surface area contributed by atoms with Crippen LogP contribution in [0.1, 0.15) is 39.0 Å². The summed E-state index contributed by atoms with van der Waals surface area (Å²) in [6, 6.07) is -0.186. The highest BCUT2D eigenvalue weighted by Gasteiger charge is 2.29. The molecule has 7 heteroatoms. The highest BCUT2D eigenvalue weighted by atomic mass is 16.4. The van der Waals surface area contributed by atoms with E-state index in [2.05, 4.69) is 5.32 Å². The molecule has 1 aliphatic heterocycles. The van der Waals surface area contributed by atoms with Crippen LogP contribution in [0.2, 0.25) is 0 Å². The third-order valence-corrected chi connectivity index (χ3v) is 4.61. The number of carboxylic acids is 1. The van der Waals surface area contributed by atoms with E-state index in [1.165, 1.54) is 0 Å². The topological polar surface area (TPSA) is 89.9 Å². The van der Waals surface area contributed by atoms with Gasteiger partial charge in [0.05, 0.1) is 5.92 Å². The summed E-state index contributed by atoms with van der Waals surface area (Å²) in [6.07, 6.45) is 3.36. The number of hydrogen-bond acceptors (Lipinski definition) is 3. The number of rotatable bonds is 3. The van der Waals surface area contributed by atoms with Crippen molar-refractivity contribution in [3.05, 3.63) is 0 Å². The molecule has 7 nitrogen and oxygen atoms in total. The zero-order valence-electron chi connectivity index (χ0n) is 13.1. The Labute approximate surface area is 130 Å². The molecule has 22 heavy (non-hydrogen) atoms. The Morgan fingerprint density at radius 3 is 2.50 bits per heavy atom. The van der Waals surface area contributed by atoms with Crippen molar-refractivity contribution in [3.8, 4) is 0 Å². The predicted octanol–water partition coefficient (Wildman–Crippen LogP) is 0.894. The average molecular weight is 311 g/mol. The molecule has 2 rings (SSSR count). The van der Waals surface area contributed by atoms with Crippen LogP contribution in [0.15, 0.2) is 0 Å². The third kappa shape index (κ3) is 4.11. The van der Waals surface area contributed by atoms with Crippen molar-refractivity contribution in [2.75, 3.05) is 26.2 Å². The molecule has 2 fully saturated rings. The minimum atomic E-state index is -0.748. The summed E-state index contributed by atoms with van der Waals surface area (Å²) in [5.74, 6) is -1.04. The molecular weight excluding hydrogens is 286 g/mol. The lowest BCUT2D eigenvalue weighted by Gasteiger charge is -2.29. The lowest BCUT2D eigenvalue weighted by atomic mass is 9.86. The first-order chi connectivity index (χ1) is 10.5. The molecule has 0 aromatic rings. The van der Waals surface area contributed by atoms with E-state index in [1.807, 2.05) is 6.92 Å². The van der Waals surface area contributed by atoms with Crippen molar-refractivity contribution in [2.45, 2.75) is 45.1 Å². The summed E-state index contributed by atoms with van der Waals surface area (Å²) in [4.78, 5) is 38.6. The monoisotopic (exact) mass is 311 g/mol. The van der Waals surface area contributed by atoms with Crippen LogP contribution >= 0.6 is 0 Å². The number of likely N-dealkylation sites (N-methyl/N-ethyl adjacent to an activating group) is 1. The fourth-order valence-corrected chi connectivity index (χ4v) is 3.18. The van der Waals surface area contributed by atoms with Gasteiger partial charge < -0.3 is 20.2 Å². The molecule has 0 unspecified atom stereocenters. The smallest absolute Gasteiger partial charge is 0.318 e. The molecule has 1 saturated heterocycles. The molecule has 2 N–H and O–H groups in total. The molecule has 0 aromatic heterocycles. The molecule has 1 heterocycles. The number of carbonyl (C=O) groups excluding carboxylic acids is 2. The van der Waals surface area contributed by atoms with Crippen LogP contribution in [0.25, 0.3) is 0 Å². The summed E-state index contributed by atoms with van der Waals surface area (Å²) in [5.41, 5.74) is 0. The lowest BCUT2D eigenvalue weighted by molar-refractivity contribution is -0.142. The molecule has 124 valence electrons. The van der Waals surface area contributed by atoms with E-state index >= 15 is 0 Å². The zero-order valence-corrected chi connectivity index (χ0v) is 13.1. The first kappa shape index (κ1) is 16.6. The molecule has 0 radical (unpaired) electrons. The van der Waals surface area contributed by atoms with Gasteiger partial charge in [-0.1, -0.05) is 0 Å². The number of carbonyl (C=O) groups is 3. The molecule has 1 saturated carbocycles. The molecule has 1 aliphatic carbocycles. The van der Waals surface area contributed by atoms with Crippen molar-refractivity contribution in [1.29, 1.82) is 0 Å². The van der Waals surface area contributed by atoms with Crippen molar-refractivity contribution >= 4 is 17.9 Å². The second-order valence-corrected chi connectivity index (χ2v) is 6.08. The minimum absolute atomic E-state index is 0.00950. The fourth-order valence-electron chi connectivity index (χ4n) is 3.18. The van der Waals surface area contributed by atoms with Gasteiger partial charge in [0.1, 0.15) is 6.54 Å². The summed E-state index contributed by atoms with van der Waals surface area (Å²) in [7, 11) is 0. The maximum absolute atomic E-state index is 12.3. The van der Waals surface area contributed by atoms with Gasteiger partial charge in [-0.25, -0.2) is 4.79 Å².